The van der Waals surface area contributed by atoms with Crippen molar-refractivity contribution in [1.82, 2.24) is 9.97 Å². The Morgan fingerprint density at radius 1 is 1.33 bits per heavy atom. The van der Waals surface area contributed by atoms with Gasteiger partial charge in [-0.05, 0) is 42.3 Å². The first-order valence-electron chi connectivity index (χ1n) is 5.88. The molecule has 0 fully saturated rings. The normalized spacial score (nSPS) is 10.7. The molecule has 2 aromatic heterocycles. The van der Waals surface area contributed by atoms with Crippen LogP contribution in [0.3, 0.4) is 0 Å². The van der Waals surface area contributed by atoms with E-state index in [2.05, 4.69) is 58.1 Å². The number of anilines is 1. The lowest BCUT2D eigenvalue weighted by Crippen LogP contribution is -2.04. The fourth-order valence-electron chi connectivity index (χ4n) is 1.83. The number of nitrogens with zero attached hydrogens (tertiary/aromatic N) is 2. The van der Waals surface area contributed by atoms with Crippen LogP contribution in [-0.4, -0.2) is 17.0 Å². The van der Waals surface area contributed by atoms with E-state index in [1.165, 1.54) is 4.88 Å². The molecule has 0 atom stereocenters. The first-order valence-corrected chi connectivity index (χ1v) is 7.49. The predicted molar refractivity (Wildman–Crippen MR) is 81.4 cm³/mol. The van der Waals surface area contributed by atoms with Gasteiger partial charge in [0.05, 0.1) is 4.88 Å². The van der Waals surface area contributed by atoms with Crippen LogP contribution >= 0.6 is 27.3 Å². The van der Waals surface area contributed by atoms with Gasteiger partial charge in [-0.3, -0.25) is 0 Å². The summed E-state index contributed by atoms with van der Waals surface area (Å²) in [6.07, 6.45) is 0.918. The molecule has 18 heavy (non-hydrogen) atoms. The maximum absolute atomic E-state index is 4.66. The number of thiophene rings is 1. The van der Waals surface area contributed by atoms with Crippen molar-refractivity contribution in [3.05, 3.63) is 26.7 Å². The lowest BCUT2D eigenvalue weighted by molar-refractivity contribution is 0.980. The van der Waals surface area contributed by atoms with Crippen molar-refractivity contribution in [2.45, 2.75) is 27.2 Å². The quantitative estimate of drug-likeness (QED) is 0.919. The fraction of sp³-hybridized carbons (Fsp3) is 0.385. The van der Waals surface area contributed by atoms with Crippen LogP contribution in [0.5, 0.6) is 0 Å². The third-order valence-corrected chi connectivity index (χ3v) is 5.03. The average Bonchev–Trinajstić information content (AvgIpc) is 2.70. The minimum atomic E-state index is 0.806. The molecule has 0 saturated carbocycles. The molecule has 0 saturated heterocycles. The second-order valence-electron chi connectivity index (χ2n) is 4.09. The third kappa shape index (κ3) is 2.42. The molecular formula is C13H16BrN3S. The third-order valence-electron chi connectivity index (χ3n) is 2.90. The zero-order chi connectivity index (χ0) is 13.3. The van der Waals surface area contributed by atoms with Crippen LogP contribution in [-0.2, 0) is 6.42 Å². The summed E-state index contributed by atoms with van der Waals surface area (Å²) in [6.45, 7) is 6.27. The van der Waals surface area contributed by atoms with Crippen molar-refractivity contribution >= 4 is 33.1 Å². The van der Waals surface area contributed by atoms with Gasteiger partial charge in [-0.1, -0.05) is 6.92 Å². The van der Waals surface area contributed by atoms with Gasteiger partial charge >= 0.3 is 0 Å². The van der Waals surface area contributed by atoms with Gasteiger partial charge < -0.3 is 5.32 Å². The molecule has 0 aromatic carbocycles. The summed E-state index contributed by atoms with van der Waals surface area (Å²) >= 11 is 5.25. The van der Waals surface area contributed by atoms with Gasteiger partial charge in [0, 0.05) is 27.7 Å². The Morgan fingerprint density at radius 3 is 2.56 bits per heavy atom. The standard InChI is InChI=1S/C13H16BrN3S/c1-5-10-7(2)12(15-4)17-13(16-10)11-6-9(14)8(3)18-11/h6H,5H2,1-4H3,(H,15,16,17). The van der Waals surface area contributed by atoms with Gasteiger partial charge in [-0.15, -0.1) is 11.3 Å². The Balaban J connectivity index is 2.57. The molecule has 3 nitrogen and oxygen atoms in total. The highest BCUT2D eigenvalue weighted by molar-refractivity contribution is 9.10. The molecule has 1 N–H and O–H groups in total. The number of aromatic nitrogens is 2. The van der Waals surface area contributed by atoms with E-state index < -0.39 is 0 Å². The highest BCUT2D eigenvalue weighted by Gasteiger charge is 2.13. The molecule has 0 aliphatic rings. The van der Waals surface area contributed by atoms with Crippen molar-refractivity contribution in [3.63, 3.8) is 0 Å². The lowest BCUT2D eigenvalue weighted by atomic mass is 10.2. The average molecular weight is 326 g/mol. The summed E-state index contributed by atoms with van der Waals surface area (Å²) in [5.41, 5.74) is 2.24. The molecular weight excluding hydrogens is 310 g/mol. The highest BCUT2D eigenvalue weighted by atomic mass is 79.9. The van der Waals surface area contributed by atoms with Gasteiger partial charge in [-0.25, -0.2) is 9.97 Å². The molecule has 2 heterocycles. The van der Waals surface area contributed by atoms with Crippen LogP contribution in [0.15, 0.2) is 10.5 Å². The van der Waals surface area contributed by atoms with Gasteiger partial charge in [-0.2, -0.15) is 0 Å². The van der Waals surface area contributed by atoms with E-state index in [1.807, 2.05) is 7.05 Å². The van der Waals surface area contributed by atoms with Crippen LogP contribution in [0.2, 0.25) is 0 Å². The van der Waals surface area contributed by atoms with Crippen molar-refractivity contribution in [2.24, 2.45) is 0 Å². The predicted octanol–water partition coefficient (Wildman–Crippen LogP) is 4.19. The zero-order valence-corrected chi connectivity index (χ0v) is 13.4. The van der Waals surface area contributed by atoms with Crippen molar-refractivity contribution in [3.8, 4) is 10.7 Å². The molecule has 0 unspecified atom stereocenters. The number of aryl methyl sites for hydroxylation is 2. The van der Waals surface area contributed by atoms with E-state index in [0.717, 1.165) is 38.7 Å². The fourth-order valence-corrected chi connectivity index (χ4v) is 3.30. The van der Waals surface area contributed by atoms with Crippen LogP contribution < -0.4 is 5.32 Å². The Kier molecular flexibility index (Phi) is 4.02. The minimum absolute atomic E-state index is 0.806. The molecule has 0 aliphatic carbocycles. The lowest BCUT2D eigenvalue weighted by Gasteiger charge is -2.10. The summed E-state index contributed by atoms with van der Waals surface area (Å²) in [7, 11) is 1.90. The molecule has 0 bridgehead atoms. The first-order chi connectivity index (χ1) is 8.56. The maximum atomic E-state index is 4.66. The van der Waals surface area contributed by atoms with Gasteiger partial charge in [0.25, 0.3) is 0 Å². The minimum Gasteiger partial charge on any atom is -0.373 e. The summed E-state index contributed by atoms with van der Waals surface area (Å²) in [5, 5.41) is 3.14. The second-order valence-corrected chi connectivity index (χ2v) is 6.20. The smallest absolute Gasteiger partial charge is 0.171 e. The van der Waals surface area contributed by atoms with E-state index in [0.29, 0.717) is 0 Å². The van der Waals surface area contributed by atoms with Gasteiger partial charge in [0.15, 0.2) is 5.82 Å². The highest BCUT2D eigenvalue weighted by Crippen LogP contribution is 2.33. The second kappa shape index (κ2) is 5.36. The Bertz CT molecular complexity index is 533. The summed E-state index contributed by atoms with van der Waals surface area (Å²) < 4.78 is 1.12. The van der Waals surface area contributed by atoms with Gasteiger partial charge in [0.1, 0.15) is 5.82 Å². The van der Waals surface area contributed by atoms with Crippen LogP contribution in [0.4, 0.5) is 5.82 Å². The molecule has 96 valence electrons. The zero-order valence-electron chi connectivity index (χ0n) is 11.0. The molecule has 0 amide bonds. The maximum Gasteiger partial charge on any atom is 0.171 e. The van der Waals surface area contributed by atoms with Crippen LogP contribution in [0.25, 0.3) is 10.7 Å². The molecule has 0 radical (unpaired) electrons. The van der Waals surface area contributed by atoms with E-state index >= 15 is 0 Å². The number of nitrogens with one attached hydrogen (secondary N) is 1. The van der Waals surface area contributed by atoms with E-state index in [-0.39, 0.29) is 0 Å². The SMILES string of the molecule is CCc1nc(-c2cc(Br)c(C)s2)nc(NC)c1C. The Hall–Kier alpha value is -0.940. The van der Waals surface area contributed by atoms with Crippen molar-refractivity contribution < 1.29 is 0 Å². The van der Waals surface area contributed by atoms with Crippen molar-refractivity contribution in [1.29, 1.82) is 0 Å². The number of halogens is 1. The van der Waals surface area contributed by atoms with Gasteiger partial charge in [0.2, 0.25) is 0 Å². The number of rotatable bonds is 3. The molecule has 2 rings (SSSR count). The Labute approximate surface area is 120 Å². The molecule has 0 spiro atoms. The molecule has 5 heteroatoms. The van der Waals surface area contributed by atoms with Crippen LogP contribution in [0.1, 0.15) is 23.1 Å². The molecule has 0 aliphatic heterocycles. The Morgan fingerprint density at radius 2 is 2.06 bits per heavy atom. The van der Waals surface area contributed by atoms with Crippen molar-refractivity contribution in [2.75, 3.05) is 12.4 Å². The number of hydrogen-bond acceptors (Lipinski definition) is 4. The monoisotopic (exact) mass is 325 g/mol. The summed E-state index contributed by atoms with van der Waals surface area (Å²) in [6, 6.07) is 2.09. The van der Waals surface area contributed by atoms with E-state index in [9.17, 15) is 0 Å². The summed E-state index contributed by atoms with van der Waals surface area (Å²) in [4.78, 5) is 11.6. The summed E-state index contributed by atoms with van der Waals surface area (Å²) in [5.74, 6) is 1.72. The van der Waals surface area contributed by atoms with E-state index in [1.54, 1.807) is 11.3 Å². The first kappa shape index (κ1) is 13.5. The molecule has 2 aromatic rings. The largest absolute Gasteiger partial charge is 0.373 e. The number of hydrogen-bond donors (Lipinski definition) is 1. The van der Waals surface area contributed by atoms with E-state index in [4.69, 9.17) is 0 Å². The topological polar surface area (TPSA) is 37.8 Å². The van der Waals surface area contributed by atoms with Crippen LogP contribution in [0, 0.1) is 13.8 Å².